The molecule has 0 unspecified atom stereocenters. The average molecular weight is 394 g/mol. The lowest BCUT2D eigenvalue weighted by Crippen LogP contribution is -2.17. The molecule has 3 heterocycles. The summed E-state index contributed by atoms with van der Waals surface area (Å²) in [5.74, 6) is 3.12. The molecular formula is C22H24ClN5. The molecule has 0 bridgehead atoms. The molecule has 0 spiro atoms. The van der Waals surface area contributed by atoms with Crippen molar-refractivity contribution in [1.82, 2.24) is 24.6 Å². The molecule has 1 fully saturated rings. The first-order valence-electron chi connectivity index (χ1n) is 10.0. The largest absolute Gasteiger partial charge is 0.295 e. The van der Waals surface area contributed by atoms with Gasteiger partial charge in [-0.2, -0.15) is 0 Å². The van der Waals surface area contributed by atoms with Crippen LogP contribution in [0.2, 0.25) is 5.02 Å². The van der Waals surface area contributed by atoms with E-state index in [9.17, 15) is 0 Å². The molecular weight excluding hydrogens is 370 g/mol. The third kappa shape index (κ3) is 3.23. The lowest BCUT2D eigenvalue weighted by molar-refractivity contribution is 0.315. The monoisotopic (exact) mass is 393 g/mol. The third-order valence-corrected chi connectivity index (χ3v) is 6.32. The molecule has 2 aromatic heterocycles. The fourth-order valence-electron chi connectivity index (χ4n) is 4.71. The van der Waals surface area contributed by atoms with E-state index < -0.39 is 0 Å². The summed E-state index contributed by atoms with van der Waals surface area (Å²) >= 11 is 6.28. The lowest BCUT2D eigenvalue weighted by Gasteiger charge is -2.28. The predicted octanol–water partition coefficient (Wildman–Crippen LogP) is 4.70. The van der Waals surface area contributed by atoms with Crippen molar-refractivity contribution < 1.29 is 0 Å². The Morgan fingerprint density at radius 3 is 2.57 bits per heavy atom. The second-order valence-electron chi connectivity index (χ2n) is 8.06. The van der Waals surface area contributed by atoms with E-state index in [1.54, 1.807) is 0 Å². The minimum Gasteiger partial charge on any atom is -0.295 e. The number of halogens is 1. The maximum Gasteiger partial charge on any atom is 0.151 e. The Bertz CT molecular complexity index is 976. The summed E-state index contributed by atoms with van der Waals surface area (Å²) in [6, 6.07) is 12.4. The molecule has 3 aromatic rings. The molecule has 28 heavy (non-hydrogen) atoms. The number of hydrogen-bond acceptors (Lipinski definition) is 4. The van der Waals surface area contributed by atoms with Gasteiger partial charge in [-0.15, -0.1) is 10.2 Å². The number of aromatic nitrogens is 4. The number of fused-ring (bicyclic) bond motifs is 3. The summed E-state index contributed by atoms with van der Waals surface area (Å²) in [5.41, 5.74) is 3.63. The van der Waals surface area contributed by atoms with Crippen LogP contribution in [-0.4, -0.2) is 31.7 Å². The summed E-state index contributed by atoms with van der Waals surface area (Å²) in [4.78, 5) is 6.84. The summed E-state index contributed by atoms with van der Waals surface area (Å²) in [6.07, 6.45) is 6.45. The van der Waals surface area contributed by atoms with E-state index in [0.717, 1.165) is 55.4 Å². The van der Waals surface area contributed by atoms with Gasteiger partial charge in [-0.1, -0.05) is 17.7 Å². The fraction of sp³-hybridized carbons (Fsp3) is 0.409. The molecule has 5 nitrogen and oxygen atoms in total. The Labute approximate surface area is 170 Å². The first-order valence-corrected chi connectivity index (χ1v) is 10.4. The van der Waals surface area contributed by atoms with Gasteiger partial charge in [-0.05, 0) is 68.6 Å². The van der Waals surface area contributed by atoms with Crippen LogP contribution < -0.4 is 0 Å². The van der Waals surface area contributed by atoms with Crippen LogP contribution >= 0.6 is 11.6 Å². The topological polar surface area (TPSA) is 46.8 Å². The van der Waals surface area contributed by atoms with Gasteiger partial charge in [0.05, 0.1) is 12.2 Å². The molecule has 144 valence electrons. The smallest absolute Gasteiger partial charge is 0.151 e. The summed E-state index contributed by atoms with van der Waals surface area (Å²) < 4.78 is 2.29. The Morgan fingerprint density at radius 2 is 1.79 bits per heavy atom. The van der Waals surface area contributed by atoms with E-state index >= 15 is 0 Å². The van der Waals surface area contributed by atoms with Crippen molar-refractivity contribution >= 4 is 11.6 Å². The molecule has 0 saturated heterocycles. The summed E-state index contributed by atoms with van der Waals surface area (Å²) in [7, 11) is 2.12. The third-order valence-electron chi connectivity index (χ3n) is 6.09. The Morgan fingerprint density at radius 1 is 0.964 bits per heavy atom. The van der Waals surface area contributed by atoms with Crippen molar-refractivity contribution in [3.63, 3.8) is 0 Å². The van der Waals surface area contributed by atoms with Crippen molar-refractivity contribution in [3.8, 4) is 5.69 Å². The highest BCUT2D eigenvalue weighted by Crippen LogP contribution is 2.40. The van der Waals surface area contributed by atoms with Gasteiger partial charge < -0.3 is 0 Å². The standard InChI is InChI=1S/C22H24ClN5/c1-27-13-17-12-18(23)9-10-20(17)28-21(14-27)25-26-22(28)16-7-5-15(6-8-16)19-4-2-3-11-24-19/h2-4,9-12,15-16H,5-8,13-14H2,1H3/t15-,16-. The van der Waals surface area contributed by atoms with Crippen LogP contribution in [0.3, 0.4) is 0 Å². The molecule has 5 rings (SSSR count). The minimum absolute atomic E-state index is 0.438. The molecule has 1 aliphatic heterocycles. The van der Waals surface area contributed by atoms with E-state index in [4.69, 9.17) is 11.6 Å². The first-order chi connectivity index (χ1) is 13.7. The van der Waals surface area contributed by atoms with E-state index in [0.29, 0.717) is 11.8 Å². The summed E-state index contributed by atoms with van der Waals surface area (Å²) in [6.45, 7) is 1.66. The van der Waals surface area contributed by atoms with Crippen LogP contribution in [0.5, 0.6) is 0 Å². The average Bonchev–Trinajstić information content (AvgIpc) is 3.06. The normalized spacial score (nSPS) is 22.4. The second-order valence-corrected chi connectivity index (χ2v) is 8.49. The minimum atomic E-state index is 0.438. The SMILES string of the molecule is CN1Cc2cc(Cl)ccc2-n2c(nnc2[C@H]2CC[C@H](c3ccccn3)CC2)C1. The maximum atomic E-state index is 6.28. The number of nitrogens with zero attached hydrogens (tertiary/aromatic N) is 5. The van der Waals surface area contributed by atoms with Crippen LogP contribution in [0, 0.1) is 0 Å². The molecule has 6 heteroatoms. The zero-order valence-electron chi connectivity index (χ0n) is 16.1. The molecule has 0 atom stereocenters. The molecule has 1 aliphatic carbocycles. The maximum absolute atomic E-state index is 6.28. The predicted molar refractivity (Wildman–Crippen MR) is 110 cm³/mol. The van der Waals surface area contributed by atoms with Gasteiger partial charge in [-0.25, -0.2) is 0 Å². The van der Waals surface area contributed by atoms with Crippen molar-refractivity contribution in [2.75, 3.05) is 7.05 Å². The van der Waals surface area contributed by atoms with Crippen molar-refractivity contribution in [1.29, 1.82) is 0 Å². The van der Waals surface area contributed by atoms with Gasteiger partial charge in [-0.3, -0.25) is 14.5 Å². The number of pyridine rings is 1. The molecule has 1 aromatic carbocycles. The van der Waals surface area contributed by atoms with E-state index in [1.165, 1.54) is 16.9 Å². The quantitative estimate of drug-likeness (QED) is 0.633. The molecule has 0 N–H and O–H groups in total. The molecule has 2 aliphatic rings. The van der Waals surface area contributed by atoms with Gasteiger partial charge >= 0.3 is 0 Å². The van der Waals surface area contributed by atoms with Crippen molar-refractivity contribution in [3.05, 3.63) is 70.5 Å². The highest BCUT2D eigenvalue weighted by Gasteiger charge is 2.30. The number of rotatable bonds is 2. The van der Waals surface area contributed by atoms with Crippen LogP contribution in [0.15, 0.2) is 42.6 Å². The second kappa shape index (κ2) is 7.30. The van der Waals surface area contributed by atoms with Crippen LogP contribution in [0.25, 0.3) is 5.69 Å². The van der Waals surface area contributed by atoms with Crippen LogP contribution in [0.4, 0.5) is 0 Å². The Kier molecular flexibility index (Phi) is 4.65. The van der Waals surface area contributed by atoms with Crippen molar-refractivity contribution in [2.24, 2.45) is 0 Å². The number of hydrogen-bond donors (Lipinski definition) is 0. The first kappa shape index (κ1) is 17.8. The van der Waals surface area contributed by atoms with E-state index in [1.807, 2.05) is 18.3 Å². The fourth-order valence-corrected chi connectivity index (χ4v) is 4.91. The van der Waals surface area contributed by atoms with Crippen LogP contribution in [-0.2, 0) is 13.1 Å². The molecule has 0 radical (unpaired) electrons. The van der Waals surface area contributed by atoms with Crippen LogP contribution in [0.1, 0.15) is 60.4 Å². The van der Waals surface area contributed by atoms with Gasteiger partial charge in [0, 0.05) is 35.3 Å². The molecule has 0 amide bonds. The summed E-state index contributed by atoms with van der Waals surface area (Å²) in [5, 5.41) is 10.00. The Balaban J connectivity index is 1.45. The lowest BCUT2D eigenvalue weighted by atomic mass is 9.80. The van der Waals surface area contributed by atoms with Crippen molar-refractivity contribution in [2.45, 2.75) is 50.6 Å². The zero-order chi connectivity index (χ0) is 19.1. The Hall–Kier alpha value is -2.24. The van der Waals surface area contributed by atoms with Gasteiger partial charge in [0.25, 0.3) is 0 Å². The van der Waals surface area contributed by atoms with Gasteiger partial charge in [0.2, 0.25) is 0 Å². The van der Waals surface area contributed by atoms with E-state index in [2.05, 4.69) is 56.0 Å². The highest BCUT2D eigenvalue weighted by molar-refractivity contribution is 6.30. The molecule has 1 saturated carbocycles. The highest BCUT2D eigenvalue weighted by atomic mass is 35.5. The van der Waals surface area contributed by atoms with E-state index in [-0.39, 0.29) is 0 Å². The number of benzene rings is 1. The zero-order valence-corrected chi connectivity index (χ0v) is 16.8. The van der Waals surface area contributed by atoms with Gasteiger partial charge in [0.15, 0.2) is 5.82 Å². The van der Waals surface area contributed by atoms with Gasteiger partial charge in [0.1, 0.15) is 5.82 Å².